The van der Waals surface area contributed by atoms with Crippen molar-refractivity contribution in [2.45, 2.75) is 13.5 Å². The van der Waals surface area contributed by atoms with E-state index in [0.717, 1.165) is 46.0 Å². The number of rotatable bonds is 6. The highest BCUT2D eigenvalue weighted by Crippen LogP contribution is 2.33. The number of pyridine rings is 1. The Morgan fingerprint density at radius 1 is 0.742 bits per heavy atom. The van der Waals surface area contributed by atoms with Gasteiger partial charge in [-0.3, -0.25) is 0 Å². The molecule has 0 radical (unpaired) electrons. The highest BCUT2D eigenvalue weighted by Gasteiger charge is 2.14. The molecule has 4 aromatic rings. The first-order valence-corrected chi connectivity index (χ1v) is 9.87. The molecule has 0 atom stereocenters. The Hall–Kier alpha value is -3.25. The highest BCUT2D eigenvalue weighted by molar-refractivity contribution is 5.81. The number of aromatic nitrogens is 3. The summed E-state index contributed by atoms with van der Waals surface area (Å²) >= 11 is 0. The van der Waals surface area contributed by atoms with Crippen LogP contribution in [-0.4, -0.2) is 24.2 Å². The Kier molecular flexibility index (Phi) is 7.36. The van der Waals surface area contributed by atoms with Crippen LogP contribution >= 0.6 is 0 Å². The van der Waals surface area contributed by atoms with Gasteiger partial charge in [-0.05, 0) is 48.9 Å². The quantitative estimate of drug-likeness (QED) is 0.397. The Morgan fingerprint density at radius 2 is 1.29 bits per heavy atom. The lowest BCUT2D eigenvalue weighted by Crippen LogP contribution is -3.00. The molecule has 0 unspecified atom stereocenters. The monoisotopic (exact) mass is 477 g/mol. The molecule has 0 saturated heterocycles. The molecule has 2 aromatic heterocycles. The fraction of sp³-hybridized carbons (Fsp3) is 0.160. The van der Waals surface area contributed by atoms with Gasteiger partial charge in [-0.1, -0.05) is 12.1 Å². The van der Waals surface area contributed by atoms with E-state index in [9.17, 15) is 0 Å². The molecule has 4 rings (SSSR count). The number of hydrogen-bond acceptors (Lipinski definition) is 4. The summed E-state index contributed by atoms with van der Waals surface area (Å²) < 4.78 is 12.7. The SMILES string of the molecule is CC[n+]1ccc(-c2ncc(-c3ccc(OC)cc3)c(-c3ccc(OC)cc3)n2)cc1.[Br-]. The number of aryl methyl sites for hydroxylation is 1. The van der Waals surface area contributed by atoms with Gasteiger partial charge < -0.3 is 26.5 Å². The predicted molar refractivity (Wildman–Crippen MR) is 117 cm³/mol. The fourth-order valence-corrected chi connectivity index (χ4v) is 3.29. The van der Waals surface area contributed by atoms with Crippen LogP contribution in [0.5, 0.6) is 11.5 Å². The van der Waals surface area contributed by atoms with Crippen molar-refractivity contribution in [3.05, 3.63) is 79.3 Å². The molecule has 31 heavy (non-hydrogen) atoms. The Morgan fingerprint density at radius 3 is 1.81 bits per heavy atom. The lowest BCUT2D eigenvalue weighted by atomic mass is 10.00. The van der Waals surface area contributed by atoms with Crippen LogP contribution in [0.2, 0.25) is 0 Å². The smallest absolute Gasteiger partial charge is 0.169 e. The van der Waals surface area contributed by atoms with E-state index in [1.165, 1.54) is 0 Å². The van der Waals surface area contributed by atoms with E-state index in [-0.39, 0.29) is 17.0 Å². The summed E-state index contributed by atoms with van der Waals surface area (Å²) in [5.74, 6) is 2.32. The summed E-state index contributed by atoms with van der Waals surface area (Å²) in [5.41, 5.74) is 4.86. The van der Waals surface area contributed by atoms with Crippen LogP contribution in [0.1, 0.15) is 6.92 Å². The van der Waals surface area contributed by atoms with E-state index in [1.807, 2.05) is 79.3 Å². The van der Waals surface area contributed by atoms with Gasteiger partial charge >= 0.3 is 0 Å². The minimum atomic E-state index is 0. The molecular weight excluding hydrogens is 454 g/mol. The summed E-state index contributed by atoms with van der Waals surface area (Å²) in [5, 5.41) is 0. The molecule has 0 fully saturated rings. The van der Waals surface area contributed by atoms with Crippen LogP contribution in [-0.2, 0) is 6.54 Å². The zero-order valence-corrected chi connectivity index (χ0v) is 19.3. The lowest BCUT2D eigenvalue weighted by molar-refractivity contribution is -0.693. The Balaban J connectivity index is 0.00000272. The molecule has 5 nitrogen and oxygen atoms in total. The van der Waals surface area contributed by atoms with Gasteiger partial charge in [0.05, 0.1) is 19.9 Å². The molecule has 0 saturated carbocycles. The van der Waals surface area contributed by atoms with Crippen molar-refractivity contribution >= 4 is 0 Å². The average molecular weight is 478 g/mol. The molecular formula is C25H24BrN3O2. The number of halogens is 1. The summed E-state index contributed by atoms with van der Waals surface area (Å²) in [4.78, 5) is 9.62. The third-order valence-electron chi connectivity index (χ3n) is 5.07. The van der Waals surface area contributed by atoms with Gasteiger partial charge in [-0.15, -0.1) is 0 Å². The maximum atomic E-state index is 5.31. The van der Waals surface area contributed by atoms with Crippen molar-refractivity contribution in [3.8, 4) is 45.3 Å². The average Bonchev–Trinajstić information content (AvgIpc) is 2.84. The molecule has 158 valence electrons. The van der Waals surface area contributed by atoms with Gasteiger partial charge in [0.1, 0.15) is 18.0 Å². The van der Waals surface area contributed by atoms with Crippen LogP contribution in [0.4, 0.5) is 0 Å². The van der Waals surface area contributed by atoms with Crippen molar-refractivity contribution in [2.24, 2.45) is 0 Å². The normalized spacial score (nSPS) is 10.3. The molecule has 0 aliphatic carbocycles. The van der Waals surface area contributed by atoms with Crippen LogP contribution < -0.4 is 31.0 Å². The molecule has 0 bridgehead atoms. The van der Waals surface area contributed by atoms with Crippen LogP contribution in [0.15, 0.2) is 79.3 Å². The summed E-state index contributed by atoms with van der Waals surface area (Å²) in [7, 11) is 3.33. The molecule has 2 heterocycles. The van der Waals surface area contributed by atoms with Crippen molar-refractivity contribution in [1.82, 2.24) is 9.97 Å². The second-order valence-electron chi connectivity index (χ2n) is 6.83. The Bertz CT molecular complexity index is 1130. The van der Waals surface area contributed by atoms with Gasteiger partial charge in [0.15, 0.2) is 18.2 Å². The van der Waals surface area contributed by atoms with E-state index < -0.39 is 0 Å². The van der Waals surface area contributed by atoms with Gasteiger partial charge in [-0.25, -0.2) is 14.5 Å². The zero-order chi connectivity index (χ0) is 20.9. The minimum absolute atomic E-state index is 0. The molecule has 0 N–H and O–H groups in total. The number of methoxy groups -OCH3 is 2. The second-order valence-corrected chi connectivity index (χ2v) is 6.83. The van der Waals surface area contributed by atoms with E-state index >= 15 is 0 Å². The first kappa shape index (κ1) is 22.4. The number of nitrogens with zero attached hydrogens (tertiary/aromatic N) is 3. The first-order chi connectivity index (χ1) is 14.7. The molecule has 6 heteroatoms. The zero-order valence-electron chi connectivity index (χ0n) is 17.7. The van der Waals surface area contributed by atoms with E-state index in [1.54, 1.807) is 14.2 Å². The predicted octanol–water partition coefficient (Wildman–Crippen LogP) is 1.81. The number of hydrogen-bond donors (Lipinski definition) is 0. The Labute approximate surface area is 193 Å². The molecule has 0 amide bonds. The summed E-state index contributed by atoms with van der Waals surface area (Å²) in [6.45, 7) is 3.04. The molecule has 0 spiro atoms. The number of benzene rings is 2. The van der Waals surface area contributed by atoms with Crippen molar-refractivity contribution in [1.29, 1.82) is 0 Å². The second kappa shape index (κ2) is 10.2. The third-order valence-corrected chi connectivity index (χ3v) is 5.07. The maximum Gasteiger partial charge on any atom is 0.169 e. The third kappa shape index (κ3) is 4.91. The van der Waals surface area contributed by atoms with E-state index in [0.29, 0.717) is 5.82 Å². The van der Waals surface area contributed by atoms with E-state index in [4.69, 9.17) is 14.5 Å². The van der Waals surface area contributed by atoms with Crippen LogP contribution in [0.25, 0.3) is 33.8 Å². The van der Waals surface area contributed by atoms with Gasteiger partial charge in [0.25, 0.3) is 0 Å². The number of ether oxygens (including phenoxy) is 2. The van der Waals surface area contributed by atoms with Gasteiger partial charge in [-0.2, -0.15) is 0 Å². The molecule has 0 aliphatic rings. The van der Waals surface area contributed by atoms with Gasteiger partial charge in [0, 0.05) is 35.0 Å². The summed E-state index contributed by atoms with van der Waals surface area (Å²) in [6, 6.07) is 20.0. The van der Waals surface area contributed by atoms with Crippen LogP contribution in [0.3, 0.4) is 0 Å². The van der Waals surface area contributed by atoms with Crippen LogP contribution in [0, 0.1) is 0 Å². The summed E-state index contributed by atoms with van der Waals surface area (Å²) in [6.07, 6.45) is 5.98. The van der Waals surface area contributed by atoms with Crippen molar-refractivity contribution in [3.63, 3.8) is 0 Å². The van der Waals surface area contributed by atoms with E-state index in [2.05, 4.69) is 16.5 Å². The first-order valence-electron chi connectivity index (χ1n) is 9.87. The minimum Gasteiger partial charge on any atom is -1.00 e. The lowest BCUT2D eigenvalue weighted by Gasteiger charge is -2.12. The standard InChI is InChI=1S/C25H24N3O2.BrH/c1-4-28-15-13-20(14-16-28)25-26-17-23(18-5-9-21(29-2)10-6-18)24(27-25)19-7-11-22(30-3)12-8-19;/h5-17H,4H2,1-3H3;1H/q+1;/p-1. The maximum absolute atomic E-state index is 5.31. The topological polar surface area (TPSA) is 48.1 Å². The van der Waals surface area contributed by atoms with Crippen molar-refractivity contribution < 1.29 is 31.0 Å². The molecule has 2 aromatic carbocycles. The highest BCUT2D eigenvalue weighted by atomic mass is 79.9. The largest absolute Gasteiger partial charge is 1.00 e. The fourth-order valence-electron chi connectivity index (χ4n) is 3.29. The molecule has 0 aliphatic heterocycles. The van der Waals surface area contributed by atoms with Crippen molar-refractivity contribution in [2.75, 3.05) is 14.2 Å². The van der Waals surface area contributed by atoms with Gasteiger partial charge in [0.2, 0.25) is 0 Å².